The summed E-state index contributed by atoms with van der Waals surface area (Å²) in [7, 11) is 1.70. The second-order valence-corrected chi connectivity index (χ2v) is 3.42. The van der Waals surface area contributed by atoms with Gasteiger partial charge < -0.3 is 9.64 Å². The Bertz CT molecular complexity index is 310. The fourth-order valence-electron chi connectivity index (χ4n) is 1.03. The number of rotatable bonds is 3. The summed E-state index contributed by atoms with van der Waals surface area (Å²) in [6, 6.07) is 7.35. The molecule has 0 aliphatic carbocycles. The first-order valence-electron chi connectivity index (χ1n) is 4.31. The lowest BCUT2D eigenvalue weighted by Gasteiger charge is -2.13. The van der Waals surface area contributed by atoms with Gasteiger partial charge in [0.05, 0.1) is 6.61 Å². The number of ether oxygens (including phenoxy) is 1. The van der Waals surface area contributed by atoms with Crippen LogP contribution < -0.4 is 9.64 Å². The van der Waals surface area contributed by atoms with Crippen molar-refractivity contribution in [2.24, 2.45) is 0 Å². The Labute approximate surface area is 91.8 Å². The molecule has 0 N–H and O–H groups in total. The topological polar surface area (TPSA) is 29.5 Å². The van der Waals surface area contributed by atoms with Gasteiger partial charge in [-0.1, -0.05) is 0 Å². The van der Waals surface area contributed by atoms with Crippen molar-refractivity contribution in [3.05, 3.63) is 24.3 Å². The summed E-state index contributed by atoms with van der Waals surface area (Å²) in [5, 5.41) is 0. The molecule has 0 unspecified atom stereocenters. The average molecular weight is 258 g/mol. The van der Waals surface area contributed by atoms with E-state index in [1.54, 1.807) is 7.05 Å². The molecule has 0 saturated heterocycles. The monoisotopic (exact) mass is 257 g/mol. The number of carbonyl (C=O) groups is 1. The minimum Gasteiger partial charge on any atom is -0.494 e. The molecule has 4 heteroatoms. The summed E-state index contributed by atoms with van der Waals surface area (Å²) in [4.78, 5) is 12.3. The second kappa shape index (κ2) is 5.00. The Morgan fingerprint density at radius 1 is 1.43 bits per heavy atom. The van der Waals surface area contributed by atoms with Crippen molar-refractivity contribution in [1.29, 1.82) is 0 Å². The third kappa shape index (κ3) is 2.73. The zero-order valence-corrected chi connectivity index (χ0v) is 9.74. The molecule has 3 nitrogen and oxygen atoms in total. The molecule has 0 aliphatic heterocycles. The molecule has 1 aromatic rings. The van der Waals surface area contributed by atoms with Crippen molar-refractivity contribution < 1.29 is 9.53 Å². The van der Waals surface area contributed by atoms with Crippen LogP contribution >= 0.6 is 15.9 Å². The summed E-state index contributed by atoms with van der Waals surface area (Å²) < 4.78 is 5.29. The number of hydrogen-bond donors (Lipinski definition) is 0. The number of hydrogen-bond acceptors (Lipinski definition) is 2. The maximum Gasteiger partial charge on any atom is 0.293 e. The lowest BCUT2D eigenvalue weighted by Crippen LogP contribution is -2.18. The average Bonchev–Trinajstić information content (AvgIpc) is 2.18. The molecule has 0 aromatic heterocycles. The van der Waals surface area contributed by atoms with Crippen molar-refractivity contribution in [2.45, 2.75) is 6.92 Å². The van der Waals surface area contributed by atoms with Gasteiger partial charge in [-0.15, -0.1) is 0 Å². The van der Waals surface area contributed by atoms with Gasteiger partial charge in [0.15, 0.2) is 0 Å². The van der Waals surface area contributed by atoms with Crippen molar-refractivity contribution in [1.82, 2.24) is 0 Å². The molecule has 1 aromatic carbocycles. The smallest absolute Gasteiger partial charge is 0.293 e. The Balaban J connectivity index is 2.77. The Morgan fingerprint density at radius 2 is 2.00 bits per heavy atom. The van der Waals surface area contributed by atoms with Crippen LogP contribution in [0.2, 0.25) is 0 Å². The highest BCUT2D eigenvalue weighted by atomic mass is 79.9. The largest absolute Gasteiger partial charge is 0.494 e. The van der Waals surface area contributed by atoms with Crippen LogP contribution in [0.5, 0.6) is 5.75 Å². The molecule has 0 radical (unpaired) electrons. The van der Waals surface area contributed by atoms with E-state index >= 15 is 0 Å². The first kappa shape index (κ1) is 11.0. The van der Waals surface area contributed by atoms with E-state index in [2.05, 4.69) is 15.9 Å². The summed E-state index contributed by atoms with van der Waals surface area (Å²) in [6.07, 6.45) is 0. The molecule has 0 aliphatic rings. The van der Waals surface area contributed by atoms with Gasteiger partial charge in [-0.25, -0.2) is 0 Å². The van der Waals surface area contributed by atoms with Crippen LogP contribution in [0.4, 0.5) is 10.5 Å². The lowest BCUT2D eigenvalue weighted by atomic mass is 10.3. The van der Waals surface area contributed by atoms with E-state index in [9.17, 15) is 4.79 Å². The standard InChI is InChI=1S/C10H12BrNO2/c1-3-14-9-6-4-8(5-7-9)12(2)10(11)13/h4-7H,3H2,1-2H3. The summed E-state index contributed by atoms with van der Waals surface area (Å²) in [6.45, 7) is 2.58. The summed E-state index contributed by atoms with van der Waals surface area (Å²) in [5.41, 5.74) is 0.829. The third-order valence-electron chi connectivity index (χ3n) is 1.80. The maximum absolute atomic E-state index is 11.0. The predicted molar refractivity (Wildman–Crippen MR) is 60.3 cm³/mol. The van der Waals surface area contributed by atoms with E-state index in [0.717, 1.165) is 11.4 Å². The number of nitrogens with zero attached hydrogens (tertiary/aromatic N) is 1. The molecule has 0 saturated carbocycles. The van der Waals surface area contributed by atoms with Crippen LogP contribution in [0.15, 0.2) is 24.3 Å². The van der Waals surface area contributed by atoms with Crippen LogP contribution in [-0.4, -0.2) is 18.5 Å². The quantitative estimate of drug-likeness (QED) is 0.616. The molecule has 0 atom stereocenters. The maximum atomic E-state index is 11.0. The molecule has 0 fully saturated rings. The van der Waals surface area contributed by atoms with Crippen LogP contribution in [-0.2, 0) is 0 Å². The number of amides is 1. The Kier molecular flexibility index (Phi) is 3.95. The van der Waals surface area contributed by atoms with Crippen LogP contribution in [0.3, 0.4) is 0 Å². The summed E-state index contributed by atoms with van der Waals surface area (Å²) in [5.74, 6) is 0.812. The molecule has 1 amide bonds. The van der Waals surface area contributed by atoms with E-state index in [-0.39, 0.29) is 4.82 Å². The van der Waals surface area contributed by atoms with Crippen LogP contribution in [0, 0.1) is 0 Å². The van der Waals surface area contributed by atoms with Gasteiger partial charge in [-0.3, -0.25) is 4.79 Å². The van der Waals surface area contributed by atoms with Crippen molar-refractivity contribution in [3.8, 4) is 5.75 Å². The Hall–Kier alpha value is -1.03. The van der Waals surface area contributed by atoms with Gasteiger partial charge in [0, 0.05) is 28.7 Å². The zero-order valence-electron chi connectivity index (χ0n) is 8.16. The highest BCUT2D eigenvalue weighted by Gasteiger charge is 2.06. The molecule has 1 rings (SSSR count). The molecular formula is C10H12BrNO2. The molecule has 14 heavy (non-hydrogen) atoms. The van der Waals surface area contributed by atoms with Crippen molar-refractivity contribution in [2.75, 3.05) is 18.6 Å². The zero-order chi connectivity index (χ0) is 10.6. The SMILES string of the molecule is CCOc1ccc(N(C)C(=O)Br)cc1. The predicted octanol–water partition coefficient (Wildman–Crippen LogP) is 3.04. The minimum atomic E-state index is -0.165. The van der Waals surface area contributed by atoms with Gasteiger partial charge in [0.2, 0.25) is 0 Å². The van der Waals surface area contributed by atoms with Gasteiger partial charge in [0.1, 0.15) is 5.75 Å². The van der Waals surface area contributed by atoms with Crippen molar-refractivity contribution in [3.63, 3.8) is 0 Å². The number of carbonyl (C=O) groups excluding carboxylic acids is 1. The van der Waals surface area contributed by atoms with Gasteiger partial charge in [-0.05, 0) is 31.2 Å². The van der Waals surface area contributed by atoms with Crippen molar-refractivity contribution >= 4 is 26.4 Å². The number of anilines is 1. The Morgan fingerprint density at radius 3 is 2.43 bits per heavy atom. The van der Waals surface area contributed by atoms with Gasteiger partial charge >= 0.3 is 0 Å². The number of halogens is 1. The van der Waals surface area contributed by atoms with Gasteiger partial charge in [-0.2, -0.15) is 0 Å². The lowest BCUT2D eigenvalue weighted by molar-refractivity contribution is 0.267. The first-order valence-corrected chi connectivity index (χ1v) is 5.10. The molecule has 0 bridgehead atoms. The molecule has 0 heterocycles. The fourth-order valence-corrected chi connectivity index (χ4v) is 1.24. The molecular weight excluding hydrogens is 246 g/mol. The van der Waals surface area contributed by atoms with Crippen LogP contribution in [0.25, 0.3) is 0 Å². The van der Waals surface area contributed by atoms with E-state index < -0.39 is 0 Å². The minimum absolute atomic E-state index is 0.165. The fraction of sp³-hybridized carbons (Fsp3) is 0.300. The highest BCUT2D eigenvalue weighted by molar-refractivity contribution is 9.18. The number of benzene rings is 1. The third-order valence-corrected chi connectivity index (χ3v) is 2.33. The van der Waals surface area contributed by atoms with E-state index in [4.69, 9.17) is 4.74 Å². The highest BCUT2D eigenvalue weighted by Crippen LogP contribution is 2.19. The molecule has 0 spiro atoms. The first-order chi connectivity index (χ1) is 6.65. The van der Waals surface area contributed by atoms with E-state index in [1.165, 1.54) is 4.90 Å². The van der Waals surface area contributed by atoms with E-state index in [1.807, 2.05) is 31.2 Å². The second-order valence-electron chi connectivity index (χ2n) is 2.74. The van der Waals surface area contributed by atoms with Crippen LogP contribution in [0.1, 0.15) is 6.92 Å². The van der Waals surface area contributed by atoms with Gasteiger partial charge in [0.25, 0.3) is 4.82 Å². The normalized spacial score (nSPS) is 9.64. The molecule has 76 valence electrons. The summed E-state index contributed by atoms with van der Waals surface area (Å²) >= 11 is 2.88. The van der Waals surface area contributed by atoms with E-state index in [0.29, 0.717) is 6.61 Å².